The molecule has 0 saturated heterocycles. The molecule has 0 spiro atoms. The molecule has 3 N–H and O–H groups in total. The number of nitrogens with zero attached hydrogens (tertiary/aromatic N) is 3. The van der Waals surface area contributed by atoms with Crippen molar-refractivity contribution in [3.8, 4) is 28.8 Å². The Balaban J connectivity index is 1.79. The average molecular weight is 461 g/mol. The van der Waals surface area contributed by atoms with Crippen LogP contribution in [-0.2, 0) is 9.53 Å². The maximum atomic E-state index is 11.4. The standard InChI is InChI=1S/C23H19N5O6/c1-32-18-9-13(6-7-17(18)34-12-19(29)33-2)20-22(28-21(27-20)15(10-24)11-25-28)26-16-5-3-4-14(8-16)23(30)31/h3-9,11,25-26H,12H2,1-2H3,(H,30,31). The van der Waals surface area contributed by atoms with Crippen molar-refractivity contribution >= 4 is 29.1 Å². The average Bonchev–Trinajstić information content (AvgIpc) is 3.42. The molecule has 172 valence electrons. The van der Waals surface area contributed by atoms with Crippen LogP contribution in [-0.4, -0.2) is 52.5 Å². The lowest BCUT2D eigenvalue weighted by molar-refractivity contribution is -0.142. The highest BCUT2D eigenvalue weighted by Crippen LogP contribution is 2.37. The number of imidazole rings is 1. The second kappa shape index (κ2) is 9.25. The molecule has 11 nitrogen and oxygen atoms in total. The second-order valence-electron chi connectivity index (χ2n) is 7.01. The number of H-pyrrole nitrogens is 1. The molecule has 0 amide bonds. The SMILES string of the molecule is COC(=O)COc1ccc(-c2nc3c(C#N)c[nH]n3c2Nc2cccc(C(=O)O)c2)cc1OC. The van der Waals surface area contributed by atoms with Gasteiger partial charge in [0.2, 0.25) is 0 Å². The van der Waals surface area contributed by atoms with Gasteiger partial charge in [-0.2, -0.15) is 5.26 Å². The van der Waals surface area contributed by atoms with Gasteiger partial charge in [0.15, 0.2) is 29.6 Å². The first-order chi connectivity index (χ1) is 16.4. The van der Waals surface area contributed by atoms with Crippen LogP contribution in [0.2, 0.25) is 0 Å². The van der Waals surface area contributed by atoms with Gasteiger partial charge < -0.3 is 24.6 Å². The predicted octanol–water partition coefficient (Wildman–Crippen LogP) is 3.20. The van der Waals surface area contributed by atoms with E-state index < -0.39 is 11.9 Å². The topological polar surface area (TPSA) is 151 Å². The van der Waals surface area contributed by atoms with Crippen molar-refractivity contribution in [1.29, 1.82) is 5.26 Å². The molecule has 0 radical (unpaired) electrons. The number of hydrogen-bond acceptors (Lipinski definition) is 8. The number of carbonyl (C=O) groups excluding carboxylic acids is 1. The maximum absolute atomic E-state index is 11.4. The van der Waals surface area contributed by atoms with E-state index in [4.69, 9.17) is 9.47 Å². The van der Waals surface area contributed by atoms with Crippen LogP contribution in [0.4, 0.5) is 11.5 Å². The van der Waals surface area contributed by atoms with E-state index in [1.807, 2.05) is 0 Å². The summed E-state index contributed by atoms with van der Waals surface area (Å²) >= 11 is 0. The molecule has 2 heterocycles. The summed E-state index contributed by atoms with van der Waals surface area (Å²) in [6, 6.07) is 13.4. The Labute approximate surface area is 193 Å². The number of aromatic amines is 1. The molecular weight excluding hydrogens is 442 g/mol. The highest BCUT2D eigenvalue weighted by atomic mass is 16.6. The lowest BCUT2D eigenvalue weighted by atomic mass is 10.1. The van der Waals surface area contributed by atoms with Crippen LogP contribution in [0, 0.1) is 11.3 Å². The first kappa shape index (κ1) is 22.2. The smallest absolute Gasteiger partial charge is 0.343 e. The molecule has 0 aliphatic carbocycles. The summed E-state index contributed by atoms with van der Waals surface area (Å²) in [7, 11) is 2.73. The molecule has 0 aliphatic rings. The zero-order chi connectivity index (χ0) is 24.2. The number of aromatic nitrogens is 3. The van der Waals surface area contributed by atoms with E-state index in [0.717, 1.165) is 0 Å². The number of nitrogens with one attached hydrogen (secondary N) is 2. The van der Waals surface area contributed by atoms with Gasteiger partial charge in [-0.3, -0.25) is 5.10 Å². The number of anilines is 2. The van der Waals surface area contributed by atoms with Crippen LogP contribution in [0.25, 0.3) is 16.9 Å². The normalized spacial score (nSPS) is 10.5. The Morgan fingerprint density at radius 3 is 2.74 bits per heavy atom. The molecule has 0 atom stereocenters. The van der Waals surface area contributed by atoms with E-state index in [2.05, 4.69) is 26.2 Å². The minimum Gasteiger partial charge on any atom is -0.493 e. The van der Waals surface area contributed by atoms with Gasteiger partial charge in [-0.05, 0) is 36.4 Å². The van der Waals surface area contributed by atoms with Crippen molar-refractivity contribution in [3.63, 3.8) is 0 Å². The number of fused-ring (bicyclic) bond motifs is 1. The number of carboxylic acid groups (broad SMARTS) is 1. The highest BCUT2D eigenvalue weighted by Gasteiger charge is 2.20. The first-order valence-corrected chi connectivity index (χ1v) is 9.93. The molecule has 0 bridgehead atoms. The van der Waals surface area contributed by atoms with Gasteiger partial charge in [-0.15, -0.1) is 0 Å². The van der Waals surface area contributed by atoms with E-state index >= 15 is 0 Å². The summed E-state index contributed by atoms with van der Waals surface area (Å²) < 4.78 is 17.1. The number of carbonyl (C=O) groups is 2. The summed E-state index contributed by atoms with van der Waals surface area (Å²) in [5.41, 5.74) is 2.45. The molecular formula is C23H19N5O6. The predicted molar refractivity (Wildman–Crippen MR) is 120 cm³/mol. The molecule has 34 heavy (non-hydrogen) atoms. The van der Waals surface area contributed by atoms with Gasteiger partial charge in [0.1, 0.15) is 17.3 Å². The van der Waals surface area contributed by atoms with Crippen LogP contribution in [0.5, 0.6) is 11.5 Å². The third-order valence-corrected chi connectivity index (χ3v) is 4.96. The van der Waals surface area contributed by atoms with E-state index in [0.29, 0.717) is 45.5 Å². The maximum Gasteiger partial charge on any atom is 0.343 e. The van der Waals surface area contributed by atoms with Crippen molar-refractivity contribution in [2.45, 2.75) is 0 Å². The Hall–Kier alpha value is -4.98. The fraction of sp³-hybridized carbons (Fsp3) is 0.130. The quantitative estimate of drug-likeness (QED) is 0.336. The monoisotopic (exact) mass is 461 g/mol. The van der Waals surface area contributed by atoms with E-state index in [9.17, 15) is 20.0 Å². The minimum atomic E-state index is -1.05. The van der Waals surface area contributed by atoms with Crippen LogP contribution < -0.4 is 14.8 Å². The molecule has 0 unspecified atom stereocenters. The lowest BCUT2D eigenvalue weighted by Gasteiger charge is -2.12. The van der Waals surface area contributed by atoms with Crippen molar-refractivity contribution in [1.82, 2.24) is 14.6 Å². The highest BCUT2D eigenvalue weighted by molar-refractivity contribution is 5.89. The minimum absolute atomic E-state index is 0.116. The Kier molecular flexibility index (Phi) is 6.05. The molecule has 0 saturated carbocycles. The summed E-state index contributed by atoms with van der Waals surface area (Å²) in [6.07, 6.45) is 1.52. The summed E-state index contributed by atoms with van der Waals surface area (Å²) in [6.45, 7) is -0.280. The first-order valence-electron chi connectivity index (χ1n) is 9.93. The number of hydrogen-bond donors (Lipinski definition) is 3. The zero-order valence-corrected chi connectivity index (χ0v) is 18.2. The van der Waals surface area contributed by atoms with Gasteiger partial charge in [-0.1, -0.05) is 6.07 Å². The summed E-state index contributed by atoms with van der Waals surface area (Å²) in [4.78, 5) is 27.4. The molecule has 4 rings (SSSR count). The zero-order valence-electron chi connectivity index (χ0n) is 18.2. The summed E-state index contributed by atoms with van der Waals surface area (Å²) in [5.74, 6) is -0.417. The van der Waals surface area contributed by atoms with Crippen LogP contribution >= 0.6 is 0 Å². The number of benzene rings is 2. The van der Waals surface area contributed by atoms with Crippen molar-refractivity contribution in [3.05, 3.63) is 59.8 Å². The second-order valence-corrected chi connectivity index (χ2v) is 7.01. The number of carboxylic acids is 1. The Morgan fingerprint density at radius 2 is 2.03 bits per heavy atom. The van der Waals surface area contributed by atoms with Gasteiger partial charge in [0.25, 0.3) is 0 Å². The third kappa shape index (κ3) is 4.20. The number of methoxy groups -OCH3 is 2. The molecule has 2 aromatic heterocycles. The van der Waals surface area contributed by atoms with Crippen LogP contribution in [0.3, 0.4) is 0 Å². The van der Waals surface area contributed by atoms with Crippen molar-refractivity contribution in [2.75, 3.05) is 26.1 Å². The summed E-state index contributed by atoms with van der Waals surface area (Å²) in [5, 5.41) is 24.9. The third-order valence-electron chi connectivity index (χ3n) is 4.96. The number of nitriles is 1. The van der Waals surface area contributed by atoms with Gasteiger partial charge in [-0.25, -0.2) is 19.1 Å². The van der Waals surface area contributed by atoms with Gasteiger partial charge >= 0.3 is 11.9 Å². The Morgan fingerprint density at radius 1 is 1.21 bits per heavy atom. The van der Waals surface area contributed by atoms with E-state index in [1.54, 1.807) is 34.8 Å². The number of ether oxygens (including phenoxy) is 3. The number of rotatable bonds is 8. The number of esters is 1. The molecule has 2 aromatic carbocycles. The van der Waals surface area contributed by atoms with Crippen LogP contribution in [0.1, 0.15) is 15.9 Å². The molecule has 4 aromatic rings. The molecule has 0 fully saturated rings. The van der Waals surface area contributed by atoms with Gasteiger partial charge in [0.05, 0.1) is 19.8 Å². The van der Waals surface area contributed by atoms with Crippen molar-refractivity contribution in [2.24, 2.45) is 0 Å². The number of aromatic carboxylic acids is 1. The molecule has 11 heteroatoms. The van der Waals surface area contributed by atoms with Gasteiger partial charge in [0, 0.05) is 17.4 Å². The molecule has 0 aliphatic heterocycles. The Bertz CT molecular complexity index is 1430. The lowest BCUT2D eigenvalue weighted by Crippen LogP contribution is -2.12. The fourth-order valence-electron chi connectivity index (χ4n) is 3.32. The van der Waals surface area contributed by atoms with Crippen LogP contribution in [0.15, 0.2) is 48.7 Å². The van der Waals surface area contributed by atoms with Crippen molar-refractivity contribution < 1.29 is 28.9 Å². The van der Waals surface area contributed by atoms with E-state index in [-0.39, 0.29) is 12.2 Å². The van der Waals surface area contributed by atoms with E-state index in [1.165, 1.54) is 32.5 Å². The fourth-order valence-corrected chi connectivity index (χ4v) is 3.32. The largest absolute Gasteiger partial charge is 0.493 e.